The van der Waals surface area contributed by atoms with Crippen LogP contribution in [0.1, 0.15) is 31.1 Å². The van der Waals surface area contributed by atoms with E-state index in [2.05, 4.69) is 25.2 Å². The molecule has 4 rings (SSSR count). The molecule has 0 spiro atoms. The molecule has 2 aliphatic heterocycles. The number of carbonyl (C=O) groups excluding carboxylic acids is 1. The summed E-state index contributed by atoms with van der Waals surface area (Å²) in [6.45, 7) is 2.78. The molecule has 0 radical (unpaired) electrons. The number of hydrogen-bond donors (Lipinski definition) is 1. The summed E-state index contributed by atoms with van der Waals surface area (Å²) in [4.78, 5) is 29.6. The lowest BCUT2D eigenvalue weighted by atomic mass is 9.99. The summed E-state index contributed by atoms with van der Waals surface area (Å²) < 4.78 is 1.99. The number of hydrogen-bond acceptors (Lipinski definition) is 6. The predicted octanol–water partition coefficient (Wildman–Crippen LogP) is 1.44. The molecule has 0 aliphatic carbocycles. The van der Waals surface area contributed by atoms with Crippen molar-refractivity contribution in [1.82, 2.24) is 24.4 Å². The van der Waals surface area contributed by atoms with Gasteiger partial charge in [0.2, 0.25) is 5.91 Å². The van der Waals surface area contributed by atoms with Crippen molar-refractivity contribution >= 4 is 17.5 Å². The van der Waals surface area contributed by atoms with Gasteiger partial charge >= 0.3 is 0 Å². The molecule has 8 heteroatoms. The first-order chi connectivity index (χ1) is 12.6. The van der Waals surface area contributed by atoms with Crippen LogP contribution in [0, 0.1) is 5.92 Å². The van der Waals surface area contributed by atoms with Crippen LogP contribution in [0.25, 0.3) is 0 Å². The highest BCUT2D eigenvalue weighted by Gasteiger charge is 2.40. The van der Waals surface area contributed by atoms with E-state index in [9.17, 15) is 4.79 Å². The number of nitrogens with zero attached hydrogens (tertiary/aromatic N) is 6. The summed E-state index contributed by atoms with van der Waals surface area (Å²) in [7, 11) is 3.83. The van der Waals surface area contributed by atoms with Crippen molar-refractivity contribution in [2.24, 2.45) is 13.0 Å². The lowest BCUT2D eigenvalue weighted by Gasteiger charge is -2.25. The second-order valence-electron chi connectivity index (χ2n) is 7.15. The maximum Gasteiger partial charge on any atom is 0.223 e. The highest BCUT2D eigenvalue weighted by molar-refractivity contribution is 5.79. The highest BCUT2D eigenvalue weighted by Crippen LogP contribution is 2.36. The summed E-state index contributed by atoms with van der Waals surface area (Å²) in [6.07, 6.45) is 8.26. The third kappa shape index (κ3) is 3.11. The topological polar surface area (TPSA) is 79.2 Å². The van der Waals surface area contributed by atoms with Crippen molar-refractivity contribution in [1.29, 1.82) is 0 Å². The van der Waals surface area contributed by atoms with Crippen molar-refractivity contribution < 1.29 is 4.79 Å². The summed E-state index contributed by atoms with van der Waals surface area (Å²) in [5.74, 6) is 3.01. The van der Waals surface area contributed by atoms with Crippen LogP contribution < -0.4 is 10.2 Å². The molecule has 26 heavy (non-hydrogen) atoms. The van der Waals surface area contributed by atoms with E-state index in [-0.39, 0.29) is 17.9 Å². The van der Waals surface area contributed by atoms with Gasteiger partial charge in [0.1, 0.15) is 23.8 Å². The second-order valence-corrected chi connectivity index (χ2v) is 7.15. The summed E-state index contributed by atoms with van der Waals surface area (Å²) in [6, 6.07) is 1.98. The van der Waals surface area contributed by atoms with E-state index in [1.165, 1.54) is 12.8 Å². The molecule has 0 unspecified atom stereocenters. The molecule has 2 aromatic heterocycles. The van der Waals surface area contributed by atoms with Gasteiger partial charge in [-0.1, -0.05) is 0 Å². The molecule has 2 saturated heterocycles. The Morgan fingerprint density at radius 2 is 2.00 bits per heavy atom. The van der Waals surface area contributed by atoms with Crippen LogP contribution >= 0.6 is 0 Å². The van der Waals surface area contributed by atoms with Gasteiger partial charge in [-0.25, -0.2) is 15.0 Å². The van der Waals surface area contributed by atoms with Crippen molar-refractivity contribution in [3.63, 3.8) is 0 Å². The lowest BCUT2D eigenvalue weighted by Crippen LogP contribution is -2.29. The number of rotatable bonds is 5. The minimum Gasteiger partial charge on any atom is -0.370 e. The Labute approximate surface area is 153 Å². The number of amides is 1. The van der Waals surface area contributed by atoms with Gasteiger partial charge in [0.15, 0.2) is 0 Å². The maximum absolute atomic E-state index is 12.3. The minimum atomic E-state index is -0.0186. The van der Waals surface area contributed by atoms with Crippen LogP contribution in [0.15, 0.2) is 24.8 Å². The molecule has 2 aliphatic rings. The predicted molar refractivity (Wildman–Crippen MR) is 98.8 cm³/mol. The van der Waals surface area contributed by atoms with E-state index >= 15 is 0 Å². The quantitative estimate of drug-likeness (QED) is 0.874. The first kappa shape index (κ1) is 16.8. The number of aryl methyl sites for hydroxylation is 1. The van der Waals surface area contributed by atoms with Crippen LogP contribution in [0.3, 0.4) is 0 Å². The number of anilines is 2. The van der Waals surface area contributed by atoms with E-state index in [4.69, 9.17) is 0 Å². The molecule has 2 fully saturated rings. The van der Waals surface area contributed by atoms with Crippen molar-refractivity contribution in [3.8, 4) is 0 Å². The van der Waals surface area contributed by atoms with Crippen LogP contribution in [-0.4, -0.2) is 57.0 Å². The van der Waals surface area contributed by atoms with Crippen molar-refractivity contribution in [2.75, 3.05) is 36.9 Å². The lowest BCUT2D eigenvalue weighted by molar-refractivity contribution is -0.127. The van der Waals surface area contributed by atoms with Gasteiger partial charge in [-0.05, 0) is 12.8 Å². The number of imidazole rings is 1. The first-order valence-electron chi connectivity index (χ1n) is 9.17. The van der Waals surface area contributed by atoms with E-state index < -0.39 is 0 Å². The largest absolute Gasteiger partial charge is 0.370 e. The highest BCUT2D eigenvalue weighted by atomic mass is 16.2. The maximum atomic E-state index is 12.3. The van der Waals surface area contributed by atoms with Gasteiger partial charge < -0.3 is 19.7 Å². The van der Waals surface area contributed by atoms with Crippen LogP contribution in [-0.2, 0) is 11.8 Å². The molecule has 8 nitrogen and oxygen atoms in total. The number of aromatic nitrogens is 4. The molecule has 138 valence electrons. The van der Waals surface area contributed by atoms with Gasteiger partial charge in [0.05, 0.1) is 6.04 Å². The third-order valence-corrected chi connectivity index (χ3v) is 5.45. The molecule has 0 saturated carbocycles. The van der Waals surface area contributed by atoms with E-state index in [0.717, 1.165) is 30.5 Å². The van der Waals surface area contributed by atoms with Gasteiger partial charge in [-0.3, -0.25) is 4.79 Å². The summed E-state index contributed by atoms with van der Waals surface area (Å²) >= 11 is 0. The average Bonchev–Trinajstić information content (AvgIpc) is 3.36. The molecule has 1 N–H and O–H groups in total. The zero-order valence-electron chi connectivity index (χ0n) is 15.3. The van der Waals surface area contributed by atoms with E-state index in [1.807, 2.05) is 35.8 Å². The van der Waals surface area contributed by atoms with Crippen molar-refractivity contribution in [3.05, 3.63) is 30.6 Å². The SMILES string of the molecule is CN1C(=O)C[C@@H](CNc2cc(N3CCCC3)ncn2)[C@@H]1c1nccn1C. The Kier molecular flexibility index (Phi) is 4.48. The van der Waals surface area contributed by atoms with Gasteiger partial charge in [0.25, 0.3) is 0 Å². The van der Waals surface area contributed by atoms with Crippen LogP contribution in [0.2, 0.25) is 0 Å². The monoisotopic (exact) mass is 355 g/mol. The fourth-order valence-corrected chi connectivity index (χ4v) is 3.98. The summed E-state index contributed by atoms with van der Waals surface area (Å²) in [5.41, 5.74) is 0. The van der Waals surface area contributed by atoms with E-state index in [0.29, 0.717) is 13.0 Å². The molecule has 0 bridgehead atoms. The minimum absolute atomic E-state index is 0.0186. The zero-order valence-corrected chi connectivity index (χ0v) is 15.3. The first-order valence-corrected chi connectivity index (χ1v) is 9.17. The average molecular weight is 355 g/mol. The number of carbonyl (C=O) groups is 1. The Morgan fingerprint density at radius 1 is 1.19 bits per heavy atom. The summed E-state index contributed by atoms with van der Waals surface area (Å²) in [5, 5.41) is 3.41. The zero-order chi connectivity index (χ0) is 18.1. The second kappa shape index (κ2) is 6.93. The molecule has 1 amide bonds. The molecular weight excluding hydrogens is 330 g/mol. The van der Waals surface area contributed by atoms with Crippen LogP contribution in [0.4, 0.5) is 11.6 Å². The van der Waals surface area contributed by atoms with E-state index in [1.54, 1.807) is 12.5 Å². The molecular formula is C18H25N7O. The smallest absolute Gasteiger partial charge is 0.223 e. The van der Waals surface area contributed by atoms with Crippen molar-refractivity contribution in [2.45, 2.75) is 25.3 Å². The fraction of sp³-hybridized carbons (Fsp3) is 0.556. The van der Waals surface area contributed by atoms with Gasteiger partial charge in [0, 0.05) is 64.5 Å². The van der Waals surface area contributed by atoms with Gasteiger partial charge in [-0.15, -0.1) is 0 Å². The Balaban J connectivity index is 1.47. The Morgan fingerprint density at radius 3 is 2.73 bits per heavy atom. The molecule has 2 aromatic rings. The fourth-order valence-electron chi connectivity index (χ4n) is 3.98. The Hall–Kier alpha value is -2.64. The standard InChI is InChI=1S/C18H25N7O/c1-23-8-5-19-18(23)17-13(9-16(26)24(17)2)11-20-14-10-15(22-12-21-14)25-6-3-4-7-25/h5,8,10,12-13,17H,3-4,6-7,9,11H2,1-2H3,(H,20,21,22)/t13-,17+/m0/s1. The van der Waals surface area contributed by atoms with Crippen LogP contribution in [0.5, 0.6) is 0 Å². The molecule has 0 aromatic carbocycles. The number of nitrogens with one attached hydrogen (secondary N) is 1. The molecule has 2 atom stereocenters. The number of likely N-dealkylation sites (tertiary alicyclic amines) is 1. The Bertz CT molecular complexity index is 783. The normalized spacial score (nSPS) is 23.1. The third-order valence-electron chi connectivity index (χ3n) is 5.45. The molecule has 4 heterocycles. The van der Waals surface area contributed by atoms with Gasteiger partial charge in [-0.2, -0.15) is 0 Å².